The molecular formula is C10H18O2. The summed E-state index contributed by atoms with van der Waals surface area (Å²) in [7, 11) is 0. The lowest BCUT2D eigenvalue weighted by Gasteiger charge is -2.31. The molecule has 1 fully saturated rings. The molecule has 1 aliphatic carbocycles. The number of hydrogen-bond acceptors (Lipinski definition) is 2. The van der Waals surface area contributed by atoms with Gasteiger partial charge in [-0.05, 0) is 25.7 Å². The Balaban J connectivity index is 2.42. The Labute approximate surface area is 74.0 Å². The maximum Gasteiger partial charge on any atom is 0.126 e. The van der Waals surface area contributed by atoms with Gasteiger partial charge in [0.1, 0.15) is 6.29 Å². The van der Waals surface area contributed by atoms with E-state index in [0.717, 1.165) is 32.0 Å². The molecule has 0 unspecified atom stereocenters. The number of hydrogen-bond donors (Lipinski definition) is 1. The van der Waals surface area contributed by atoms with Gasteiger partial charge in [0.25, 0.3) is 0 Å². The van der Waals surface area contributed by atoms with Gasteiger partial charge < -0.3 is 9.90 Å². The van der Waals surface area contributed by atoms with Crippen LogP contribution >= 0.6 is 0 Å². The molecule has 0 aromatic heterocycles. The predicted octanol–water partition coefficient (Wildman–Crippen LogP) is 1.91. The average Bonchev–Trinajstić information content (AvgIpc) is 2.16. The summed E-state index contributed by atoms with van der Waals surface area (Å²) in [5.41, 5.74) is -0.0685. The minimum atomic E-state index is -0.0685. The van der Waals surface area contributed by atoms with Gasteiger partial charge in [-0.25, -0.2) is 0 Å². The van der Waals surface area contributed by atoms with E-state index in [4.69, 9.17) is 5.11 Å². The van der Waals surface area contributed by atoms with Crippen LogP contribution in [0.1, 0.15) is 44.9 Å². The summed E-state index contributed by atoms with van der Waals surface area (Å²) >= 11 is 0. The summed E-state index contributed by atoms with van der Waals surface area (Å²) in [6, 6.07) is 0. The van der Waals surface area contributed by atoms with Gasteiger partial charge in [0.2, 0.25) is 0 Å². The third-order valence-electron chi connectivity index (χ3n) is 2.93. The molecule has 0 amide bonds. The van der Waals surface area contributed by atoms with E-state index in [-0.39, 0.29) is 12.0 Å². The third kappa shape index (κ3) is 2.31. The molecule has 0 radical (unpaired) electrons. The van der Waals surface area contributed by atoms with Crippen molar-refractivity contribution in [2.24, 2.45) is 5.41 Å². The third-order valence-corrected chi connectivity index (χ3v) is 2.93. The van der Waals surface area contributed by atoms with Crippen LogP contribution in [-0.4, -0.2) is 18.0 Å². The van der Waals surface area contributed by atoms with Crippen LogP contribution in [-0.2, 0) is 4.79 Å². The zero-order chi connectivity index (χ0) is 8.86. The number of aliphatic hydroxyl groups excluding tert-OH is 1. The zero-order valence-electron chi connectivity index (χ0n) is 7.59. The lowest BCUT2D eigenvalue weighted by atomic mass is 9.72. The summed E-state index contributed by atoms with van der Waals surface area (Å²) in [5.74, 6) is 0. The molecular weight excluding hydrogens is 152 g/mol. The lowest BCUT2D eigenvalue weighted by Crippen LogP contribution is -2.25. The van der Waals surface area contributed by atoms with Crippen molar-refractivity contribution in [3.05, 3.63) is 0 Å². The minimum Gasteiger partial charge on any atom is -0.396 e. The van der Waals surface area contributed by atoms with Gasteiger partial charge in [0.15, 0.2) is 0 Å². The molecule has 0 saturated heterocycles. The van der Waals surface area contributed by atoms with Crippen molar-refractivity contribution in [1.82, 2.24) is 0 Å². The molecule has 0 heterocycles. The second kappa shape index (κ2) is 4.61. The van der Waals surface area contributed by atoms with Gasteiger partial charge in [-0.1, -0.05) is 19.3 Å². The molecule has 0 spiro atoms. The average molecular weight is 170 g/mol. The van der Waals surface area contributed by atoms with Crippen molar-refractivity contribution in [2.45, 2.75) is 44.9 Å². The number of carbonyl (C=O) groups excluding carboxylic acids is 1. The van der Waals surface area contributed by atoms with Crippen LogP contribution in [0.3, 0.4) is 0 Å². The molecule has 0 aromatic rings. The number of aliphatic hydroxyl groups is 1. The number of carbonyl (C=O) groups is 1. The maximum atomic E-state index is 10.9. The normalized spacial score (nSPS) is 22.1. The first-order valence-electron chi connectivity index (χ1n) is 4.90. The Hall–Kier alpha value is -0.370. The fourth-order valence-electron chi connectivity index (χ4n) is 2.11. The lowest BCUT2D eigenvalue weighted by molar-refractivity contribution is -0.118. The van der Waals surface area contributed by atoms with Gasteiger partial charge in [-0.15, -0.1) is 0 Å². The molecule has 0 bridgehead atoms. The summed E-state index contributed by atoms with van der Waals surface area (Å²) in [5, 5.41) is 8.69. The summed E-state index contributed by atoms with van der Waals surface area (Å²) in [6.07, 6.45) is 8.50. The molecule has 70 valence electrons. The van der Waals surface area contributed by atoms with E-state index in [9.17, 15) is 4.79 Å². The van der Waals surface area contributed by atoms with Gasteiger partial charge >= 0.3 is 0 Å². The number of aldehydes is 1. The van der Waals surface area contributed by atoms with Crippen LogP contribution in [0.15, 0.2) is 0 Å². The van der Waals surface area contributed by atoms with E-state index in [1.165, 1.54) is 19.3 Å². The highest BCUT2D eigenvalue weighted by molar-refractivity contribution is 5.59. The Morgan fingerprint density at radius 2 is 1.92 bits per heavy atom. The van der Waals surface area contributed by atoms with E-state index in [2.05, 4.69) is 0 Å². The zero-order valence-corrected chi connectivity index (χ0v) is 7.59. The second-order valence-electron chi connectivity index (χ2n) is 3.87. The van der Waals surface area contributed by atoms with Crippen LogP contribution < -0.4 is 0 Å². The van der Waals surface area contributed by atoms with Crippen LogP contribution in [0.2, 0.25) is 0 Å². The highest BCUT2D eigenvalue weighted by atomic mass is 16.2. The van der Waals surface area contributed by atoms with Gasteiger partial charge in [-0.2, -0.15) is 0 Å². The number of rotatable bonds is 4. The first-order chi connectivity index (χ1) is 5.83. The fraction of sp³-hybridized carbons (Fsp3) is 0.900. The summed E-state index contributed by atoms with van der Waals surface area (Å²) in [4.78, 5) is 10.9. The Bertz CT molecular complexity index is 137. The smallest absolute Gasteiger partial charge is 0.126 e. The van der Waals surface area contributed by atoms with Crippen molar-refractivity contribution < 1.29 is 9.90 Å². The molecule has 1 N–H and O–H groups in total. The van der Waals surface area contributed by atoms with Crippen LogP contribution in [0.5, 0.6) is 0 Å². The van der Waals surface area contributed by atoms with Crippen molar-refractivity contribution in [3.8, 4) is 0 Å². The SMILES string of the molecule is O=CC1(CCCO)CCCCC1. The largest absolute Gasteiger partial charge is 0.396 e. The quantitative estimate of drug-likeness (QED) is 0.654. The van der Waals surface area contributed by atoms with E-state index in [1.54, 1.807) is 0 Å². The van der Waals surface area contributed by atoms with Gasteiger partial charge in [0, 0.05) is 12.0 Å². The predicted molar refractivity (Wildman–Crippen MR) is 47.9 cm³/mol. The Morgan fingerprint density at radius 3 is 2.42 bits per heavy atom. The van der Waals surface area contributed by atoms with Crippen molar-refractivity contribution in [2.75, 3.05) is 6.61 Å². The van der Waals surface area contributed by atoms with E-state index in [0.29, 0.717) is 0 Å². The maximum absolute atomic E-state index is 10.9. The molecule has 0 aromatic carbocycles. The molecule has 1 saturated carbocycles. The van der Waals surface area contributed by atoms with E-state index < -0.39 is 0 Å². The van der Waals surface area contributed by atoms with Gasteiger partial charge in [0.05, 0.1) is 0 Å². The Kier molecular flexibility index (Phi) is 3.73. The fourth-order valence-corrected chi connectivity index (χ4v) is 2.11. The van der Waals surface area contributed by atoms with Gasteiger partial charge in [-0.3, -0.25) is 0 Å². The molecule has 1 rings (SSSR count). The monoisotopic (exact) mass is 170 g/mol. The van der Waals surface area contributed by atoms with Crippen molar-refractivity contribution in [1.29, 1.82) is 0 Å². The molecule has 1 aliphatic rings. The van der Waals surface area contributed by atoms with E-state index in [1.807, 2.05) is 0 Å². The first kappa shape index (κ1) is 9.72. The van der Waals surface area contributed by atoms with Crippen molar-refractivity contribution >= 4 is 6.29 Å². The highest BCUT2D eigenvalue weighted by Gasteiger charge is 2.30. The first-order valence-corrected chi connectivity index (χ1v) is 4.90. The molecule has 2 heteroatoms. The topological polar surface area (TPSA) is 37.3 Å². The highest BCUT2D eigenvalue weighted by Crippen LogP contribution is 2.38. The molecule has 0 aliphatic heterocycles. The summed E-state index contributed by atoms with van der Waals surface area (Å²) < 4.78 is 0. The molecule has 2 nitrogen and oxygen atoms in total. The van der Waals surface area contributed by atoms with Crippen LogP contribution in [0, 0.1) is 5.41 Å². The second-order valence-corrected chi connectivity index (χ2v) is 3.87. The van der Waals surface area contributed by atoms with Crippen molar-refractivity contribution in [3.63, 3.8) is 0 Å². The Morgan fingerprint density at radius 1 is 1.25 bits per heavy atom. The standard InChI is InChI=1S/C10H18O2/c11-8-4-7-10(9-12)5-2-1-3-6-10/h9,11H,1-8H2. The molecule has 0 atom stereocenters. The van der Waals surface area contributed by atoms with E-state index >= 15 is 0 Å². The van der Waals surface area contributed by atoms with Crippen LogP contribution in [0.4, 0.5) is 0 Å². The molecule has 12 heavy (non-hydrogen) atoms. The van der Waals surface area contributed by atoms with Crippen LogP contribution in [0.25, 0.3) is 0 Å². The minimum absolute atomic E-state index is 0.0685. The summed E-state index contributed by atoms with van der Waals surface area (Å²) in [6.45, 7) is 0.218.